The lowest BCUT2D eigenvalue weighted by Crippen LogP contribution is -2.42. The summed E-state index contributed by atoms with van der Waals surface area (Å²) in [4.78, 5) is 36.3. The van der Waals surface area contributed by atoms with Crippen molar-refractivity contribution in [2.75, 3.05) is 6.54 Å². The maximum atomic E-state index is 12.4. The zero-order valence-corrected chi connectivity index (χ0v) is 14.8. The first-order chi connectivity index (χ1) is 12.5. The number of imide groups is 1. The van der Waals surface area contributed by atoms with E-state index in [9.17, 15) is 14.4 Å². The van der Waals surface area contributed by atoms with Crippen LogP contribution in [-0.4, -0.2) is 24.5 Å². The Morgan fingerprint density at radius 2 is 1.65 bits per heavy atom. The lowest BCUT2D eigenvalue weighted by Gasteiger charge is -2.17. The highest BCUT2D eigenvalue weighted by Crippen LogP contribution is 2.19. The van der Waals surface area contributed by atoms with Gasteiger partial charge in [-0.25, -0.2) is 4.79 Å². The summed E-state index contributed by atoms with van der Waals surface area (Å²) in [6.07, 6.45) is -1.16. The lowest BCUT2D eigenvalue weighted by atomic mass is 10.1. The molecule has 2 N–H and O–H groups in total. The predicted molar refractivity (Wildman–Crippen MR) is 97.4 cm³/mol. The summed E-state index contributed by atoms with van der Waals surface area (Å²) in [7, 11) is 0. The second-order valence-corrected chi connectivity index (χ2v) is 5.79. The van der Waals surface area contributed by atoms with Gasteiger partial charge in [0.05, 0.1) is 6.42 Å². The fourth-order valence-electron chi connectivity index (χ4n) is 2.33. The SMILES string of the molecule is CCNC(=O)NC(=O)[C@H](OC(=O)Cc1ccc(C)cc1)c1ccccc1. The molecular formula is C20H22N2O4. The second kappa shape index (κ2) is 9.36. The number of carbonyl (C=O) groups excluding carboxylic acids is 3. The maximum absolute atomic E-state index is 12.4. The molecule has 0 aliphatic heterocycles. The molecule has 0 heterocycles. The van der Waals surface area contributed by atoms with Crippen molar-refractivity contribution in [1.82, 2.24) is 10.6 Å². The molecule has 6 heteroatoms. The number of hydrogen-bond donors (Lipinski definition) is 2. The monoisotopic (exact) mass is 354 g/mol. The van der Waals surface area contributed by atoms with Gasteiger partial charge in [-0.2, -0.15) is 0 Å². The molecule has 0 bridgehead atoms. The molecule has 0 spiro atoms. The van der Waals surface area contributed by atoms with E-state index in [1.807, 2.05) is 31.2 Å². The van der Waals surface area contributed by atoms with E-state index in [2.05, 4.69) is 10.6 Å². The number of aryl methyl sites for hydroxylation is 1. The van der Waals surface area contributed by atoms with Gasteiger partial charge in [0.1, 0.15) is 0 Å². The van der Waals surface area contributed by atoms with Crippen molar-refractivity contribution in [2.24, 2.45) is 0 Å². The third-order valence-corrected chi connectivity index (χ3v) is 3.63. The number of hydrogen-bond acceptors (Lipinski definition) is 4. The van der Waals surface area contributed by atoms with Crippen molar-refractivity contribution in [2.45, 2.75) is 26.4 Å². The molecule has 0 aromatic heterocycles. The Morgan fingerprint density at radius 3 is 2.27 bits per heavy atom. The van der Waals surface area contributed by atoms with Gasteiger partial charge in [0.2, 0.25) is 6.10 Å². The summed E-state index contributed by atoms with van der Waals surface area (Å²) < 4.78 is 5.38. The summed E-state index contributed by atoms with van der Waals surface area (Å²) in [6, 6.07) is 15.4. The molecule has 6 nitrogen and oxygen atoms in total. The summed E-state index contributed by atoms with van der Waals surface area (Å²) in [5.41, 5.74) is 2.37. The van der Waals surface area contributed by atoms with Gasteiger partial charge in [0, 0.05) is 12.1 Å². The van der Waals surface area contributed by atoms with Gasteiger partial charge in [-0.15, -0.1) is 0 Å². The van der Waals surface area contributed by atoms with E-state index in [0.717, 1.165) is 11.1 Å². The summed E-state index contributed by atoms with van der Waals surface area (Å²) in [6.45, 7) is 4.07. The smallest absolute Gasteiger partial charge is 0.321 e. The Balaban J connectivity index is 2.10. The van der Waals surface area contributed by atoms with Gasteiger partial charge in [-0.3, -0.25) is 14.9 Å². The van der Waals surface area contributed by atoms with Gasteiger partial charge < -0.3 is 10.1 Å². The standard InChI is InChI=1S/C20H22N2O4/c1-3-21-20(25)22-19(24)18(16-7-5-4-6-8-16)26-17(23)13-15-11-9-14(2)10-12-15/h4-12,18H,3,13H2,1-2H3,(H2,21,22,24,25)/t18-/m1/s1. The maximum Gasteiger partial charge on any atom is 0.321 e. The van der Waals surface area contributed by atoms with Gasteiger partial charge in [-0.1, -0.05) is 60.2 Å². The van der Waals surface area contributed by atoms with Crippen molar-refractivity contribution in [3.05, 3.63) is 71.3 Å². The summed E-state index contributed by atoms with van der Waals surface area (Å²) in [5, 5.41) is 4.66. The molecule has 0 saturated carbocycles. The number of urea groups is 1. The van der Waals surface area contributed by atoms with E-state index in [1.54, 1.807) is 37.3 Å². The zero-order valence-electron chi connectivity index (χ0n) is 14.8. The molecule has 0 unspecified atom stereocenters. The van der Waals surface area contributed by atoms with Crippen LogP contribution in [0.25, 0.3) is 0 Å². The zero-order chi connectivity index (χ0) is 18.9. The Hall–Kier alpha value is -3.15. The Kier molecular flexibility index (Phi) is 6.91. The van der Waals surface area contributed by atoms with E-state index < -0.39 is 24.0 Å². The number of ether oxygens (including phenoxy) is 1. The molecule has 1 atom stereocenters. The Morgan fingerprint density at radius 1 is 1.00 bits per heavy atom. The van der Waals surface area contributed by atoms with Crippen LogP contribution in [0.4, 0.5) is 4.79 Å². The summed E-state index contributed by atoms with van der Waals surface area (Å²) >= 11 is 0. The second-order valence-electron chi connectivity index (χ2n) is 5.79. The van der Waals surface area contributed by atoms with Gasteiger partial charge in [-0.05, 0) is 19.4 Å². The number of esters is 1. The molecule has 0 aliphatic rings. The average molecular weight is 354 g/mol. The number of benzene rings is 2. The minimum Gasteiger partial charge on any atom is -0.447 e. The van der Waals surface area contributed by atoms with E-state index in [-0.39, 0.29) is 6.42 Å². The first-order valence-electron chi connectivity index (χ1n) is 8.38. The molecule has 0 aliphatic carbocycles. The van der Waals surface area contributed by atoms with E-state index in [1.165, 1.54) is 0 Å². The Labute approximate surface area is 152 Å². The van der Waals surface area contributed by atoms with Crippen LogP contribution in [0.2, 0.25) is 0 Å². The number of nitrogens with one attached hydrogen (secondary N) is 2. The van der Waals surface area contributed by atoms with E-state index in [0.29, 0.717) is 12.1 Å². The van der Waals surface area contributed by atoms with Crippen molar-refractivity contribution in [3.8, 4) is 0 Å². The fraction of sp³-hybridized carbons (Fsp3) is 0.250. The molecule has 2 aromatic carbocycles. The summed E-state index contributed by atoms with van der Waals surface area (Å²) in [5.74, 6) is -1.24. The van der Waals surface area contributed by atoms with Crippen LogP contribution >= 0.6 is 0 Å². The number of carbonyl (C=O) groups is 3. The molecule has 136 valence electrons. The van der Waals surface area contributed by atoms with Crippen LogP contribution in [0.15, 0.2) is 54.6 Å². The number of amides is 3. The fourth-order valence-corrected chi connectivity index (χ4v) is 2.33. The topological polar surface area (TPSA) is 84.5 Å². The van der Waals surface area contributed by atoms with Crippen LogP contribution < -0.4 is 10.6 Å². The third kappa shape index (κ3) is 5.73. The quantitative estimate of drug-likeness (QED) is 0.781. The van der Waals surface area contributed by atoms with E-state index in [4.69, 9.17) is 4.74 Å². The lowest BCUT2D eigenvalue weighted by molar-refractivity contribution is -0.155. The van der Waals surface area contributed by atoms with Gasteiger partial charge in [0.25, 0.3) is 5.91 Å². The van der Waals surface area contributed by atoms with Crippen molar-refractivity contribution in [1.29, 1.82) is 0 Å². The molecule has 0 radical (unpaired) electrons. The van der Waals surface area contributed by atoms with E-state index >= 15 is 0 Å². The van der Waals surface area contributed by atoms with Crippen molar-refractivity contribution < 1.29 is 19.1 Å². The van der Waals surface area contributed by atoms with Gasteiger partial charge >= 0.3 is 12.0 Å². The van der Waals surface area contributed by atoms with Crippen LogP contribution in [0, 0.1) is 6.92 Å². The Bertz CT molecular complexity index is 757. The van der Waals surface area contributed by atoms with Crippen LogP contribution in [0.3, 0.4) is 0 Å². The first-order valence-corrected chi connectivity index (χ1v) is 8.38. The minimum atomic E-state index is -1.20. The van der Waals surface area contributed by atoms with Crippen LogP contribution in [0.1, 0.15) is 29.7 Å². The largest absolute Gasteiger partial charge is 0.447 e. The molecule has 3 amide bonds. The highest BCUT2D eigenvalue weighted by molar-refractivity contribution is 5.97. The van der Waals surface area contributed by atoms with Gasteiger partial charge in [0.15, 0.2) is 0 Å². The predicted octanol–water partition coefficient (Wildman–Crippen LogP) is 2.67. The third-order valence-electron chi connectivity index (χ3n) is 3.63. The average Bonchev–Trinajstić information content (AvgIpc) is 2.62. The minimum absolute atomic E-state index is 0.0397. The molecule has 0 saturated heterocycles. The highest BCUT2D eigenvalue weighted by Gasteiger charge is 2.26. The molecule has 2 aromatic rings. The molecular weight excluding hydrogens is 332 g/mol. The van der Waals surface area contributed by atoms with Crippen LogP contribution in [-0.2, 0) is 20.7 Å². The molecule has 0 fully saturated rings. The normalized spacial score (nSPS) is 11.3. The first kappa shape index (κ1) is 19.2. The highest BCUT2D eigenvalue weighted by atomic mass is 16.5. The number of rotatable bonds is 6. The van der Waals surface area contributed by atoms with Crippen LogP contribution in [0.5, 0.6) is 0 Å². The van der Waals surface area contributed by atoms with Crippen molar-refractivity contribution in [3.63, 3.8) is 0 Å². The molecule has 2 rings (SSSR count). The van der Waals surface area contributed by atoms with Crippen molar-refractivity contribution >= 4 is 17.9 Å². The molecule has 26 heavy (non-hydrogen) atoms.